The third-order valence-electron chi connectivity index (χ3n) is 2.09. The summed E-state index contributed by atoms with van der Waals surface area (Å²) in [5, 5.41) is 2.78. The summed E-state index contributed by atoms with van der Waals surface area (Å²) in [5.41, 5.74) is 1.66. The first-order valence-corrected chi connectivity index (χ1v) is 6.15. The van der Waals surface area contributed by atoms with Crippen molar-refractivity contribution in [1.82, 2.24) is 15.3 Å². The molecule has 0 spiro atoms. The lowest BCUT2D eigenvalue weighted by Crippen LogP contribution is -2.22. The molecule has 0 saturated carbocycles. The molecule has 0 aliphatic carbocycles. The molecule has 0 bridgehead atoms. The quantitative estimate of drug-likeness (QED) is 0.929. The van der Waals surface area contributed by atoms with Crippen LogP contribution in [0.5, 0.6) is 0 Å². The summed E-state index contributed by atoms with van der Waals surface area (Å²) in [6, 6.07) is 5.24. The van der Waals surface area contributed by atoms with Gasteiger partial charge in [0.15, 0.2) is 0 Å². The molecule has 0 aliphatic heterocycles. The lowest BCUT2D eigenvalue weighted by atomic mass is 10.3. The van der Waals surface area contributed by atoms with Crippen LogP contribution in [-0.2, 0) is 6.54 Å². The standard InChI is InChI=1S/C11H10ClN3OS/c1-7-4-8(15-6-14-7)5-13-11(16)9-2-3-10(12)17-9/h2-4,6H,5H2,1H3,(H,13,16). The van der Waals surface area contributed by atoms with E-state index in [0.717, 1.165) is 11.4 Å². The number of carbonyl (C=O) groups is 1. The molecule has 0 aliphatic rings. The maximum absolute atomic E-state index is 11.7. The van der Waals surface area contributed by atoms with Gasteiger partial charge in [0.25, 0.3) is 5.91 Å². The molecule has 1 amide bonds. The minimum absolute atomic E-state index is 0.141. The van der Waals surface area contributed by atoms with Crippen LogP contribution in [-0.4, -0.2) is 15.9 Å². The largest absolute Gasteiger partial charge is 0.346 e. The summed E-state index contributed by atoms with van der Waals surface area (Å²) < 4.78 is 0.605. The second kappa shape index (κ2) is 5.25. The predicted octanol–water partition coefficient (Wildman–Crippen LogP) is 2.43. The first-order chi connectivity index (χ1) is 8.15. The fourth-order valence-electron chi connectivity index (χ4n) is 1.30. The molecule has 2 aromatic rings. The van der Waals surface area contributed by atoms with Crippen molar-refractivity contribution >= 4 is 28.8 Å². The van der Waals surface area contributed by atoms with Gasteiger partial charge in [-0.2, -0.15) is 0 Å². The molecule has 0 saturated heterocycles. The van der Waals surface area contributed by atoms with Crippen LogP contribution in [0.15, 0.2) is 24.5 Å². The van der Waals surface area contributed by atoms with Crippen molar-refractivity contribution in [3.05, 3.63) is 45.1 Å². The van der Waals surface area contributed by atoms with Crippen LogP contribution in [0.3, 0.4) is 0 Å². The van der Waals surface area contributed by atoms with Crippen molar-refractivity contribution in [2.45, 2.75) is 13.5 Å². The molecule has 6 heteroatoms. The molecular formula is C11H10ClN3OS. The number of carbonyl (C=O) groups excluding carboxylic acids is 1. The van der Waals surface area contributed by atoms with E-state index in [2.05, 4.69) is 15.3 Å². The summed E-state index contributed by atoms with van der Waals surface area (Å²) in [6.45, 7) is 2.27. The van der Waals surface area contributed by atoms with Crippen molar-refractivity contribution in [1.29, 1.82) is 0 Å². The third kappa shape index (κ3) is 3.25. The zero-order valence-corrected chi connectivity index (χ0v) is 10.7. The number of rotatable bonds is 3. The van der Waals surface area contributed by atoms with Crippen molar-refractivity contribution in [2.75, 3.05) is 0 Å². The molecule has 2 rings (SSSR count). The summed E-state index contributed by atoms with van der Waals surface area (Å²) in [4.78, 5) is 20.4. The zero-order valence-electron chi connectivity index (χ0n) is 9.11. The topological polar surface area (TPSA) is 54.9 Å². The number of halogens is 1. The molecule has 2 aromatic heterocycles. The van der Waals surface area contributed by atoms with Gasteiger partial charge in [0.2, 0.25) is 0 Å². The highest BCUT2D eigenvalue weighted by molar-refractivity contribution is 7.17. The fraction of sp³-hybridized carbons (Fsp3) is 0.182. The Morgan fingerprint density at radius 3 is 2.94 bits per heavy atom. The zero-order chi connectivity index (χ0) is 12.3. The molecule has 0 unspecified atom stereocenters. The fourth-order valence-corrected chi connectivity index (χ4v) is 2.26. The second-order valence-corrected chi connectivity index (χ2v) is 5.15. The highest BCUT2D eigenvalue weighted by Gasteiger charge is 2.08. The van der Waals surface area contributed by atoms with Crippen LogP contribution in [0.25, 0.3) is 0 Å². The van der Waals surface area contributed by atoms with Gasteiger partial charge in [0, 0.05) is 5.69 Å². The van der Waals surface area contributed by atoms with Gasteiger partial charge in [-0.1, -0.05) is 11.6 Å². The molecule has 88 valence electrons. The van der Waals surface area contributed by atoms with Crippen LogP contribution >= 0.6 is 22.9 Å². The van der Waals surface area contributed by atoms with E-state index in [1.54, 1.807) is 12.1 Å². The summed E-state index contributed by atoms with van der Waals surface area (Å²) in [6.07, 6.45) is 1.48. The van der Waals surface area contributed by atoms with E-state index in [4.69, 9.17) is 11.6 Å². The average molecular weight is 268 g/mol. The van der Waals surface area contributed by atoms with Crippen molar-refractivity contribution < 1.29 is 4.79 Å². The number of hydrogen-bond donors (Lipinski definition) is 1. The number of nitrogens with zero attached hydrogens (tertiary/aromatic N) is 2. The lowest BCUT2D eigenvalue weighted by Gasteiger charge is -2.03. The predicted molar refractivity (Wildman–Crippen MR) is 67.3 cm³/mol. The van der Waals surface area contributed by atoms with Crippen LogP contribution < -0.4 is 5.32 Å². The van der Waals surface area contributed by atoms with Gasteiger partial charge in [0.1, 0.15) is 6.33 Å². The molecule has 1 N–H and O–H groups in total. The van der Waals surface area contributed by atoms with Crippen molar-refractivity contribution in [2.24, 2.45) is 0 Å². The van der Waals surface area contributed by atoms with Crippen LogP contribution in [0, 0.1) is 6.92 Å². The Bertz CT molecular complexity index is 541. The Balaban J connectivity index is 1.97. The third-order valence-corrected chi connectivity index (χ3v) is 3.32. The van der Waals surface area contributed by atoms with Gasteiger partial charge in [0.05, 0.1) is 21.5 Å². The Kier molecular flexibility index (Phi) is 3.71. The Morgan fingerprint density at radius 2 is 2.29 bits per heavy atom. The van der Waals surface area contributed by atoms with Gasteiger partial charge in [-0.3, -0.25) is 4.79 Å². The first-order valence-electron chi connectivity index (χ1n) is 4.96. The van der Waals surface area contributed by atoms with Crippen LogP contribution in [0.4, 0.5) is 0 Å². The monoisotopic (exact) mass is 267 g/mol. The number of amides is 1. The molecule has 2 heterocycles. The summed E-state index contributed by atoms with van der Waals surface area (Å²) in [5.74, 6) is -0.141. The van der Waals surface area contributed by atoms with E-state index in [-0.39, 0.29) is 5.91 Å². The molecule has 0 fully saturated rings. The Morgan fingerprint density at radius 1 is 1.47 bits per heavy atom. The minimum atomic E-state index is -0.141. The number of thiophene rings is 1. The highest BCUT2D eigenvalue weighted by Crippen LogP contribution is 2.21. The number of aryl methyl sites for hydroxylation is 1. The number of hydrogen-bond acceptors (Lipinski definition) is 4. The first kappa shape index (κ1) is 12.0. The van der Waals surface area contributed by atoms with Gasteiger partial charge in [-0.05, 0) is 25.1 Å². The van der Waals surface area contributed by atoms with Crippen LogP contribution in [0.2, 0.25) is 4.34 Å². The van der Waals surface area contributed by atoms with E-state index < -0.39 is 0 Å². The van der Waals surface area contributed by atoms with Crippen molar-refractivity contribution in [3.63, 3.8) is 0 Å². The smallest absolute Gasteiger partial charge is 0.261 e. The maximum Gasteiger partial charge on any atom is 0.261 e. The van der Waals surface area contributed by atoms with E-state index in [9.17, 15) is 4.79 Å². The molecule has 0 atom stereocenters. The van der Waals surface area contributed by atoms with Gasteiger partial charge < -0.3 is 5.32 Å². The van der Waals surface area contributed by atoms with Gasteiger partial charge in [-0.15, -0.1) is 11.3 Å². The second-order valence-electron chi connectivity index (χ2n) is 3.44. The van der Waals surface area contributed by atoms with Gasteiger partial charge in [-0.25, -0.2) is 9.97 Å². The SMILES string of the molecule is Cc1cc(CNC(=O)c2ccc(Cl)s2)ncn1. The van der Waals surface area contributed by atoms with E-state index in [0.29, 0.717) is 15.8 Å². The molecule has 0 aromatic carbocycles. The molecule has 0 radical (unpaired) electrons. The normalized spacial score (nSPS) is 10.2. The van der Waals surface area contributed by atoms with E-state index >= 15 is 0 Å². The van der Waals surface area contributed by atoms with Crippen molar-refractivity contribution in [3.8, 4) is 0 Å². The Hall–Kier alpha value is -1.46. The minimum Gasteiger partial charge on any atom is -0.346 e. The summed E-state index contributed by atoms with van der Waals surface area (Å²) >= 11 is 7.02. The van der Waals surface area contributed by atoms with Gasteiger partial charge >= 0.3 is 0 Å². The highest BCUT2D eigenvalue weighted by atomic mass is 35.5. The molecular weight excluding hydrogens is 258 g/mol. The van der Waals surface area contributed by atoms with E-state index in [1.165, 1.54) is 17.7 Å². The number of nitrogens with one attached hydrogen (secondary N) is 1. The average Bonchev–Trinajstić information content (AvgIpc) is 2.73. The van der Waals surface area contributed by atoms with Crippen LogP contribution in [0.1, 0.15) is 21.1 Å². The summed E-state index contributed by atoms with van der Waals surface area (Å²) in [7, 11) is 0. The Labute approximate surface area is 108 Å². The van der Waals surface area contributed by atoms with E-state index in [1.807, 2.05) is 13.0 Å². The molecule has 17 heavy (non-hydrogen) atoms. The lowest BCUT2D eigenvalue weighted by molar-refractivity contribution is 0.0954. The molecule has 4 nitrogen and oxygen atoms in total. The maximum atomic E-state index is 11.7. The number of aromatic nitrogens is 2.